The van der Waals surface area contributed by atoms with Crippen molar-refractivity contribution >= 4 is 16.9 Å². The Morgan fingerprint density at radius 2 is 1.95 bits per heavy atom. The maximum absolute atomic E-state index is 10.5. The number of fused-ring (bicyclic) bond motifs is 1. The van der Waals surface area contributed by atoms with Gasteiger partial charge in [0.25, 0.3) is 0 Å². The summed E-state index contributed by atoms with van der Waals surface area (Å²) in [7, 11) is 1.94. The Labute approximate surface area is 118 Å². The Morgan fingerprint density at radius 1 is 1.25 bits per heavy atom. The molecule has 1 aromatic heterocycles. The summed E-state index contributed by atoms with van der Waals surface area (Å²) in [4.78, 5) is 11.0. The highest BCUT2D eigenvalue weighted by Crippen LogP contribution is 2.23. The van der Waals surface area contributed by atoms with Crippen molar-refractivity contribution in [2.45, 2.75) is 18.4 Å². The highest BCUT2D eigenvalue weighted by Gasteiger charge is 2.31. The molecule has 2 aromatic rings. The molecule has 0 aliphatic carbocycles. The zero-order valence-corrected chi connectivity index (χ0v) is 11.6. The summed E-state index contributed by atoms with van der Waals surface area (Å²) in [5.41, 5.74) is 1.06. The molecule has 1 saturated heterocycles. The molecular formula is C15H19N3O2. The van der Waals surface area contributed by atoms with Gasteiger partial charge in [0.1, 0.15) is 5.82 Å². The molecule has 0 spiro atoms. The highest BCUT2D eigenvalue weighted by molar-refractivity contribution is 5.75. The monoisotopic (exact) mass is 273 g/mol. The molecule has 0 unspecified atom stereocenters. The van der Waals surface area contributed by atoms with Crippen LogP contribution in [0, 0.1) is 0 Å². The molecule has 0 radical (unpaired) electrons. The van der Waals surface area contributed by atoms with Crippen molar-refractivity contribution in [3.05, 3.63) is 30.5 Å². The van der Waals surface area contributed by atoms with Crippen molar-refractivity contribution in [1.29, 1.82) is 0 Å². The van der Waals surface area contributed by atoms with E-state index in [2.05, 4.69) is 9.97 Å². The van der Waals surface area contributed by atoms with E-state index >= 15 is 0 Å². The number of rotatable bonds is 3. The standard InChI is InChI=1S/C15H19N3O2/c1-18(11-15(19)6-8-20-9-7-15)14-10-16-12-4-2-3-5-13(12)17-14/h2-5,10,19H,6-9,11H2,1H3. The van der Waals surface area contributed by atoms with Crippen LogP contribution >= 0.6 is 0 Å². The van der Waals surface area contributed by atoms with E-state index in [0.717, 1.165) is 16.9 Å². The van der Waals surface area contributed by atoms with Crippen molar-refractivity contribution < 1.29 is 9.84 Å². The number of aliphatic hydroxyl groups is 1. The second-order valence-electron chi connectivity index (χ2n) is 5.41. The summed E-state index contributed by atoms with van der Waals surface area (Å²) in [5.74, 6) is 0.781. The summed E-state index contributed by atoms with van der Waals surface area (Å²) in [6, 6.07) is 7.79. The van der Waals surface area contributed by atoms with E-state index in [1.165, 1.54) is 0 Å². The first-order valence-corrected chi connectivity index (χ1v) is 6.89. The van der Waals surface area contributed by atoms with Gasteiger partial charge in [0.05, 0.1) is 22.8 Å². The van der Waals surface area contributed by atoms with Gasteiger partial charge in [0.15, 0.2) is 0 Å². The molecule has 0 saturated carbocycles. The van der Waals surface area contributed by atoms with E-state index in [0.29, 0.717) is 32.6 Å². The van der Waals surface area contributed by atoms with E-state index < -0.39 is 5.60 Å². The fraction of sp³-hybridized carbons (Fsp3) is 0.467. The lowest BCUT2D eigenvalue weighted by Gasteiger charge is -2.35. The van der Waals surface area contributed by atoms with Crippen LogP contribution in [0.5, 0.6) is 0 Å². The third kappa shape index (κ3) is 2.73. The second kappa shape index (κ2) is 5.34. The van der Waals surface area contributed by atoms with Crippen molar-refractivity contribution in [3.63, 3.8) is 0 Å². The third-order valence-corrected chi connectivity index (χ3v) is 3.78. The number of para-hydroxylation sites is 2. The molecule has 106 valence electrons. The number of hydrogen-bond donors (Lipinski definition) is 1. The normalized spacial score (nSPS) is 18.1. The number of ether oxygens (including phenoxy) is 1. The van der Waals surface area contributed by atoms with Gasteiger partial charge in [-0.25, -0.2) is 4.98 Å². The van der Waals surface area contributed by atoms with Gasteiger partial charge >= 0.3 is 0 Å². The van der Waals surface area contributed by atoms with Gasteiger partial charge in [0.2, 0.25) is 0 Å². The van der Waals surface area contributed by atoms with Crippen LogP contribution in [0.15, 0.2) is 30.5 Å². The average molecular weight is 273 g/mol. The van der Waals surface area contributed by atoms with Gasteiger partial charge in [-0.1, -0.05) is 12.1 Å². The van der Waals surface area contributed by atoms with Crippen molar-refractivity contribution in [3.8, 4) is 0 Å². The van der Waals surface area contributed by atoms with Crippen LogP contribution in [0.4, 0.5) is 5.82 Å². The van der Waals surface area contributed by atoms with Crippen molar-refractivity contribution in [2.24, 2.45) is 0 Å². The number of hydrogen-bond acceptors (Lipinski definition) is 5. The van der Waals surface area contributed by atoms with Crippen LogP contribution < -0.4 is 4.90 Å². The van der Waals surface area contributed by atoms with Crippen LogP contribution in [0.1, 0.15) is 12.8 Å². The summed E-state index contributed by atoms with van der Waals surface area (Å²) in [6.07, 6.45) is 3.09. The summed E-state index contributed by atoms with van der Waals surface area (Å²) >= 11 is 0. The van der Waals surface area contributed by atoms with Crippen LogP contribution in [0.25, 0.3) is 11.0 Å². The maximum atomic E-state index is 10.5. The van der Waals surface area contributed by atoms with Crippen LogP contribution in [0.3, 0.4) is 0 Å². The number of likely N-dealkylation sites (N-methyl/N-ethyl adjacent to an activating group) is 1. The lowest BCUT2D eigenvalue weighted by Crippen LogP contribution is -2.46. The molecule has 1 aliphatic heterocycles. The Balaban J connectivity index is 1.79. The quantitative estimate of drug-likeness (QED) is 0.920. The first kappa shape index (κ1) is 13.3. The van der Waals surface area contributed by atoms with Gasteiger partial charge in [-0.3, -0.25) is 4.98 Å². The molecule has 1 aliphatic rings. The molecule has 20 heavy (non-hydrogen) atoms. The minimum absolute atomic E-state index is 0.545. The van der Waals surface area contributed by atoms with Crippen LogP contribution in [-0.2, 0) is 4.74 Å². The van der Waals surface area contributed by atoms with E-state index in [1.54, 1.807) is 6.20 Å². The molecule has 0 bridgehead atoms. The van der Waals surface area contributed by atoms with Crippen LogP contribution in [0.2, 0.25) is 0 Å². The molecule has 1 N–H and O–H groups in total. The lowest BCUT2D eigenvalue weighted by molar-refractivity contribution is -0.0573. The van der Waals surface area contributed by atoms with Gasteiger partial charge in [0, 0.05) is 39.6 Å². The Hall–Kier alpha value is -1.72. The first-order valence-electron chi connectivity index (χ1n) is 6.89. The zero-order valence-electron chi connectivity index (χ0n) is 11.6. The summed E-state index contributed by atoms with van der Waals surface area (Å²) in [6.45, 7) is 1.78. The third-order valence-electron chi connectivity index (χ3n) is 3.78. The molecular weight excluding hydrogens is 254 g/mol. The smallest absolute Gasteiger partial charge is 0.147 e. The van der Waals surface area contributed by atoms with Gasteiger partial charge in [-0.05, 0) is 12.1 Å². The number of nitrogens with zero attached hydrogens (tertiary/aromatic N) is 3. The lowest BCUT2D eigenvalue weighted by atomic mass is 9.94. The molecule has 0 atom stereocenters. The molecule has 3 rings (SSSR count). The first-order chi connectivity index (χ1) is 9.66. The molecule has 1 aromatic carbocycles. The predicted octanol–water partition coefficient (Wildman–Crippen LogP) is 1.61. The molecule has 2 heterocycles. The molecule has 1 fully saturated rings. The largest absolute Gasteiger partial charge is 0.388 e. The van der Waals surface area contributed by atoms with E-state index in [1.807, 2.05) is 36.2 Å². The minimum atomic E-state index is -0.694. The Bertz CT molecular complexity index is 596. The average Bonchev–Trinajstić information content (AvgIpc) is 2.47. The maximum Gasteiger partial charge on any atom is 0.147 e. The Morgan fingerprint density at radius 3 is 2.70 bits per heavy atom. The number of benzene rings is 1. The summed E-state index contributed by atoms with van der Waals surface area (Å²) < 4.78 is 5.30. The Kier molecular flexibility index (Phi) is 3.54. The van der Waals surface area contributed by atoms with E-state index in [4.69, 9.17) is 4.74 Å². The molecule has 5 heteroatoms. The van der Waals surface area contributed by atoms with Gasteiger partial charge in [-0.2, -0.15) is 0 Å². The van der Waals surface area contributed by atoms with Crippen LogP contribution in [-0.4, -0.2) is 47.5 Å². The predicted molar refractivity (Wildman–Crippen MR) is 77.8 cm³/mol. The van der Waals surface area contributed by atoms with Gasteiger partial charge < -0.3 is 14.7 Å². The van der Waals surface area contributed by atoms with Crippen molar-refractivity contribution in [1.82, 2.24) is 9.97 Å². The number of anilines is 1. The molecule has 5 nitrogen and oxygen atoms in total. The minimum Gasteiger partial charge on any atom is -0.388 e. The fourth-order valence-corrected chi connectivity index (χ4v) is 2.56. The topological polar surface area (TPSA) is 58.5 Å². The van der Waals surface area contributed by atoms with E-state index in [9.17, 15) is 5.11 Å². The van der Waals surface area contributed by atoms with Crippen molar-refractivity contribution in [2.75, 3.05) is 31.7 Å². The van der Waals surface area contributed by atoms with Gasteiger partial charge in [-0.15, -0.1) is 0 Å². The molecule has 0 amide bonds. The highest BCUT2D eigenvalue weighted by atomic mass is 16.5. The second-order valence-corrected chi connectivity index (χ2v) is 5.41. The van der Waals surface area contributed by atoms with E-state index in [-0.39, 0.29) is 0 Å². The number of aromatic nitrogens is 2. The summed E-state index contributed by atoms with van der Waals surface area (Å²) in [5, 5.41) is 10.5. The SMILES string of the molecule is CN(CC1(O)CCOCC1)c1cnc2ccccc2n1. The zero-order chi connectivity index (χ0) is 14.0. The fourth-order valence-electron chi connectivity index (χ4n) is 2.56.